The van der Waals surface area contributed by atoms with Gasteiger partial charge in [-0.05, 0) is 105 Å². The Balaban J connectivity index is 1.38. The second-order valence-electron chi connectivity index (χ2n) is 13.8. The summed E-state index contributed by atoms with van der Waals surface area (Å²) >= 11 is 0. The van der Waals surface area contributed by atoms with Gasteiger partial charge in [0.25, 0.3) is 0 Å². The van der Waals surface area contributed by atoms with Gasteiger partial charge in [-0.1, -0.05) is 25.5 Å². The number of β-amino-alcohol motifs (C(OH)–C–C–N with tert-alkyl or cyclic N) is 1. The lowest BCUT2D eigenvalue weighted by Gasteiger charge is -2.44. The molecule has 7 rings (SSSR count). The lowest BCUT2D eigenvalue weighted by atomic mass is 9.76. The van der Waals surface area contributed by atoms with Gasteiger partial charge in [0.15, 0.2) is 11.4 Å². The Labute approximate surface area is 275 Å². The number of alkyl halides is 3. The number of phenols is 1. The number of aliphatic hydroxyl groups is 1. The van der Waals surface area contributed by atoms with Crippen LogP contribution in [-0.4, -0.2) is 76.2 Å². The molecule has 12 heteroatoms. The summed E-state index contributed by atoms with van der Waals surface area (Å²) in [6.07, 6.45) is -0.00842. The number of rotatable bonds is 6. The fourth-order valence-corrected chi connectivity index (χ4v) is 8.53. The van der Waals surface area contributed by atoms with Crippen molar-refractivity contribution in [3.63, 3.8) is 0 Å². The number of hydrogen-bond acceptors (Lipinski definition) is 7. The average Bonchev–Trinajstić information content (AvgIpc) is 3.49. The highest BCUT2D eigenvalue weighted by atomic mass is 19.4. The smallest absolute Gasteiger partial charge is 0.418 e. The number of fused-ring (bicyclic) bond motifs is 3. The van der Waals surface area contributed by atoms with E-state index in [1.165, 1.54) is 41.3 Å². The molecule has 3 atom stereocenters. The van der Waals surface area contributed by atoms with E-state index in [0.717, 1.165) is 38.6 Å². The molecule has 1 saturated carbocycles. The predicted molar refractivity (Wildman–Crippen MR) is 173 cm³/mol. The number of piperidine rings is 2. The van der Waals surface area contributed by atoms with Crippen molar-refractivity contribution in [1.82, 2.24) is 14.9 Å². The molecule has 0 spiro atoms. The Bertz CT molecular complexity index is 1890. The first kappa shape index (κ1) is 32.8. The van der Waals surface area contributed by atoms with Gasteiger partial charge in [-0.25, -0.2) is 8.78 Å². The Morgan fingerprint density at radius 3 is 2.52 bits per heavy atom. The van der Waals surface area contributed by atoms with E-state index in [0.29, 0.717) is 28.8 Å². The van der Waals surface area contributed by atoms with Crippen LogP contribution in [0.5, 0.6) is 11.8 Å². The minimum Gasteiger partial charge on any atom is -0.508 e. The third kappa shape index (κ3) is 5.41. The van der Waals surface area contributed by atoms with Gasteiger partial charge < -0.3 is 24.7 Å². The highest BCUT2D eigenvalue weighted by molar-refractivity contribution is 6.03. The number of ether oxygens (including phenoxy) is 1. The third-order valence-electron chi connectivity index (χ3n) is 10.9. The second-order valence-corrected chi connectivity index (χ2v) is 13.8. The Morgan fingerprint density at radius 2 is 1.75 bits per heavy atom. The highest BCUT2D eigenvalue weighted by Crippen LogP contribution is 2.48. The number of hydrogen-bond donors (Lipinski definition) is 2. The fraction of sp³-hybridized carbons (Fsp3) is 0.500. The summed E-state index contributed by atoms with van der Waals surface area (Å²) in [5.41, 5.74) is -2.64. The van der Waals surface area contributed by atoms with Gasteiger partial charge in [0.2, 0.25) is 0 Å². The molecule has 2 saturated heterocycles. The van der Waals surface area contributed by atoms with E-state index in [9.17, 15) is 27.8 Å². The molecule has 0 amide bonds. The van der Waals surface area contributed by atoms with Crippen molar-refractivity contribution in [2.75, 3.05) is 38.2 Å². The molecular weight excluding hydrogens is 631 g/mol. The number of halogens is 5. The molecular formula is C36H39F5N4O3. The minimum absolute atomic E-state index is 0.0325. The van der Waals surface area contributed by atoms with Crippen LogP contribution in [0.2, 0.25) is 0 Å². The summed E-state index contributed by atoms with van der Waals surface area (Å²) < 4.78 is 80.2. The number of aryl methyl sites for hydroxylation is 1. The van der Waals surface area contributed by atoms with Gasteiger partial charge >= 0.3 is 12.2 Å². The third-order valence-corrected chi connectivity index (χ3v) is 10.9. The van der Waals surface area contributed by atoms with Crippen LogP contribution in [0.1, 0.15) is 57.4 Å². The number of anilines is 1. The molecule has 4 aromatic rings. The van der Waals surface area contributed by atoms with Crippen molar-refractivity contribution in [2.24, 2.45) is 5.41 Å². The van der Waals surface area contributed by atoms with E-state index in [4.69, 9.17) is 4.74 Å². The normalized spacial score (nSPS) is 25.2. The van der Waals surface area contributed by atoms with E-state index in [2.05, 4.69) is 21.9 Å². The summed E-state index contributed by atoms with van der Waals surface area (Å²) in [6, 6.07) is 8.81. The number of likely N-dealkylation sites (tertiary alicyclic amines) is 1. The number of phenolic OH excluding ortho intramolecular Hbond substituents is 1. The molecule has 1 aromatic heterocycles. The van der Waals surface area contributed by atoms with Gasteiger partial charge in [-0.15, -0.1) is 0 Å². The van der Waals surface area contributed by atoms with Crippen molar-refractivity contribution < 1.29 is 36.9 Å². The van der Waals surface area contributed by atoms with Crippen LogP contribution in [-0.2, 0) is 6.42 Å². The SMILES string of the molecule is CCc1c(F)ccc2cc(O)cc(-c3ccc4c(N5CCCC(O)(C(F)(F)F)C5)nc(OCC56CCCC5N(C)CCC6)nc4c3F)c12. The molecule has 1 aliphatic carbocycles. The first-order valence-electron chi connectivity index (χ1n) is 16.7. The summed E-state index contributed by atoms with van der Waals surface area (Å²) in [4.78, 5) is 12.8. The van der Waals surface area contributed by atoms with Crippen LogP contribution in [0.15, 0.2) is 36.4 Å². The molecule has 3 fully saturated rings. The molecule has 2 N–H and O–H groups in total. The maximum absolute atomic E-state index is 16.9. The van der Waals surface area contributed by atoms with Crippen LogP contribution < -0.4 is 9.64 Å². The number of benzene rings is 3. The maximum atomic E-state index is 16.9. The highest BCUT2D eigenvalue weighted by Gasteiger charge is 2.55. The van der Waals surface area contributed by atoms with Crippen molar-refractivity contribution >= 4 is 27.5 Å². The van der Waals surface area contributed by atoms with Crippen molar-refractivity contribution in [1.29, 1.82) is 0 Å². The van der Waals surface area contributed by atoms with E-state index in [-0.39, 0.29) is 64.6 Å². The number of aromatic nitrogens is 2. The molecule has 0 radical (unpaired) electrons. The standard InChI is InChI=1S/C36H39F5N4O3/c1-3-23-27(37)11-8-21-17-22(46)18-26(29(21)23)24-9-10-25-31(30(24)38)42-33(48-20-34-12-4-7-28(34)44(2)15-5-13-34)43-32(25)45-16-6-14-35(47,19-45)36(39,40)41/h8-11,17-18,28,46-47H,3-7,12-16,19-20H2,1-2H3. The van der Waals surface area contributed by atoms with Gasteiger partial charge in [0.1, 0.15) is 22.9 Å². The average molecular weight is 671 g/mol. The van der Waals surface area contributed by atoms with E-state index in [1.807, 2.05) is 0 Å². The first-order valence-corrected chi connectivity index (χ1v) is 16.7. The second kappa shape index (κ2) is 12.0. The quantitative estimate of drug-likeness (QED) is 0.205. The van der Waals surface area contributed by atoms with Gasteiger partial charge in [0, 0.05) is 29.0 Å². The van der Waals surface area contributed by atoms with Gasteiger partial charge in [-0.2, -0.15) is 23.1 Å². The first-order chi connectivity index (χ1) is 22.8. The Kier molecular flexibility index (Phi) is 8.17. The summed E-state index contributed by atoms with van der Waals surface area (Å²) in [5.74, 6) is -1.37. The Hall–Kier alpha value is -3.77. The van der Waals surface area contributed by atoms with E-state index >= 15 is 4.39 Å². The molecule has 3 aliphatic rings. The molecule has 2 aliphatic heterocycles. The molecule has 3 heterocycles. The van der Waals surface area contributed by atoms with Gasteiger partial charge in [-0.3, -0.25) is 0 Å². The zero-order valence-electron chi connectivity index (χ0n) is 27.0. The molecule has 0 bridgehead atoms. The van der Waals surface area contributed by atoms with Crippen molar-refractivity contribution in [3.05, 3.63) is 53.6 Å². The Morgan fingerprint density at radius 1 is 0.979 bits per heavy atom. The zero-order chi connectivity index (χ0) is 34.0. The number of aromatic hydroxyl groups is 1. The van der Waals surface area contributed by atoms with Crippen molar-refractivity contribution in [3.8, 4) is 22.9 Å². The van der Waals surface area contributed by atoms with Gasteiger partial charge in [0.05, 0.1) is 13.2 Å². The molecule has 3 aromatic carbocycles. The molecule has 7 nitrogen and oxygen atoms in total. The minimum atomic E-state index is -4.88. The number of nitrogens with zero attached hydrogens (tertiary/aromatic N) is 4. The van der Waals surface area contributed by atoms with E-state index in [1.54, 1.807) is 6.92 Å². The molecule has 3 unspecified atom stereocenters. The maximum Gasteiger partial charge on any atom is 0.418 e. The van der Waals surface area contributed by atoms with Crippen molar-refractivity contribution in [2.45, 2.75) is 76.1 Å². The molecule has 48 heavy (non-hydrogen) atoms. The van der Waals surface area contributed by atoms with Crippen LogP contribution in [0.3, 0.4) is 0 Å². The largest absolute Gasteiger partial charge is 0.508 e. The summed E-state index contributed by atoms with van der Waals surface area (Å²) in [6.45, 7) is 2.42. The predicted octanol–water partition coefficient (Wildman–Crippen LogP) is 7.53. The summed E-state index contributed by atoms with van der Waals surface area (Å²) in [5, 5.41) is 22.4. The lowest BCUT2D eigenvalue weighted by Crippen LogP contribution is -2.57. The van der Waals surface area contributed by atoms with Crippen LogP contribution in [0, 0.1) is 17.0 Å². The van der Waals surface area contributed by atoms with Crippen LogP contribution in [0.4, 0.5) is 27.8 Å². The van der Waals surface area contributed by atoms with Crippen LogP contribution in [0.25, 0.3) is 32.8 Å². The molecule has 256 valence electrons. The zero-order valence-corrected chi connectivity index (χ0v) is 27.0. The van der Waals surface area contributed by atoms with Crippen LogP contribution >= 0.6 is 0 Å². The monoisotopic (exact) mass is 670 g/mol. The van der Waals surface area contributed by atoms with E-state index < -0.39 is 36.4 Å². The summed E-state index contributed by atoms with van der Waals surface area (Å²) in [7, 11) is 2.10. The topological polar surface area (TPSA) is 82.0 Å². The fourth-order valence-electron chi connectivity index (χ4n) is 8.53. The lowest BCUT2D eigenvalue weighted by molar-refractivity contribution is -0.261.